The van der Waals surface area contributed by atoms with Gasteiger partial charge in [-0.3, -0.25) is 0 Å². The van der Waals surface area contributed by atoms with Crippen molar-refractivity contribution < 1.29 is 9.52 Å². The van der Waals surface area contributed by atoms with Crippen LogP contribution in [0.5, 0.6) is 0 Å². The summed E-state index contributed by atoms with van der Waals surface area (Å²) in [6.07, 6.45) is 0.767. The fraction of sp³-hybridized carbons (Fsp3) is 0.286. The van der Waals surface area contributed by atoms with Crippen molar-refractivity contribution in [3.63, 3.8) is 0 Å². The van der Waals surface area contributed by atoms with Crippen LogP contribution in [0.25, 0.3) is 0 Å². The van der Waals surface area contributed by atoms with Crippen molar-refractivity contribution in [1.82, 2.24) is 0 Å². The molecule has 1 aromatic heterocycles. The van der Waals surface area contributed by atoms with Gasteiger partial charge in [0.05, 0.1) is 18.8 Å². The number of hydrogen-bond donors (Lipinski definition) is 1. The van der Waals surface area contributed by atoms with Crippen molar-refractivity contribution in [2.45, 2.75) is 12.5 Å². The van der Waals surface area contributed by atoms with Crippen LogP contribution < -0.4 is 0 Å². The molecular weight excluding hydrogens is 130 g/mol. The Hall–Kier alpha value is -1.27. The summed E-state index contributed by atoms with van der Waals surface area (Å²) in [5, 5.41) is 17.3. The number of nitrogens with zero attached hydrogens (tertiary/aromatic N) is 1. The molecule has 0 aliphatic carbocycles. The van der Waals surface area contributed by atoms with Crippen LogP contribution in [0.2, 0.25) is 0 Å². The van der Waals surface area contributed by atoms with Crippen LogP contribution in [0.3, 0.4) is 0 Å². The maximum absolute atomic E-state index is 9.09. The normalized spacial score (nSPS) is 12.4. The number of aliphatic hydroxyl groups excluding tert-OH is 1. The van der Waals surface area contributed by atoms with Crippen molar-refractivity contribution in [1.29, 1.82) is 5.26 Å². The molecule has 0 spiro atoms. The molecule has 10 heavy (non-hydrogen) atoms. The van der Waals surface area contributed by atoms with E-state index in [9.17, 15) is 0 Å². The van der Waals surface area contributed by atoms with Gasteiger partial charge in [0.2, 0.25) is 0 Å². The first kappa shape index (κ1) is 6.84. The molecule has 3 nitrogen and oxygen atoms in total. The Labute approximate surface area is 58.5 Å². The summed E-state index contributed by atoms with van der Waals surface area (Å²) in [5.41, 5.74) is 0. The van der Waals surface area contributed by atoms with E-state index in [4.69, 9.17) is 14.8 Å². The Kier molecular flexibility index (Phi) is 2.08. The van der Waals surface area contributed by atoms with Gasteiger partial charge in [-0.25, -0.2) is 0 Å². The molecule has 0 aliphatic rings. The van der Waals surface area contributed by atoms with E-state index in [-0.39, 0.29) is 6.42 Å². The quantitative estimate of drug-likeness (QED) is 0.666. The first-order valence-electron chi connectivity index (χ1n) is 2.93. The van der Waals surface area contributed by atoms with Crippen LogP contribution in [-0.2, 0) is 0 Å². The van der Waals surface area contributed by atoms with Gasteiger partial charge in [0.25, 0.3) is 0 Å². The molecular formula is C7H7NO2. The van der Waals surface area contributed by atoms with Crippen molar-refractivity contribution in [2.24, 2.45) is 0 Å². The lowest BCUT2D eigenvalue weighted by atomic mass is 10.2. The molecule has 1 unspecified atom stereocenters. The van der Waals surface area contributed by atoms with E-state index >= 15 is 0 Å². The SMILES string of the molecule is N#CCC(O)c1ccco1. The Morgan fingerprint density at radius 3 is 3.10 bits per heavy atom. The molecule has 0 aliphatic heterocycles. The van der Waals surface area contributed by atoms with E-state index in [0.29, 0.717) is 5.76 Å². The van der Waals surface area contributed by atoms with Crippen LogP contribution in [0.15, 0.2) is 22.8 Å². The third-order valence-electron chi connectivity index (χ3n) is 1.16. The van der Waals surface area contributed by atoms with Crippen LogP contribution in [-0.4, -0.2) is 5.11 Å². The van der Waals surface area contributed by atoms with Gasteiger partial charge in [-0.05, 0) is 12.1 Å². The molecule has 0 radical (unpaired) electrons. The first-order valence-corrected chi connectivity index (χ1v) is 2.93. The molecule has 1 atom stereocenters. The lowest BCUT2D eigenvalue weighted by molar-refractivity contribution is 0.155. The Morgan fingerprint density at radius 2 is 2.60 bits per heavy atom. The minimum atomic E-state index is -0.778. The lowest BCUT2D eigenvalue weighted by Crippen LogP contribution is -1.92. The monoisotopic (exact) mass is 137 g/mol. The Balaban J connectivity index is 2.61. The molecule has 0 aromatic carbocycles. The smallest absolute Gasteiger partial charge is 0.133 e. The van der Waals surface area contributed by atoms with E-state index < -0.39 is 6.10 Å². The number of nitriles is 1. The molecule has 0 amide bonds. The van der Waals surface area contributed by atoms with Crippen molar-refractivity contribution in [3.05, 3.63) is 24.2 Å². The van der Waals surface area contributed by atoms with Gasteiger partial charge in [-0.15, -0.1) is 0 Å². The summed E-state index contributed by atoms with van der Waals surface area (Å²) in [7, 11) is 0. The largest absolute Gasteiger partial charge is 0.467 e. The first-order chi connectivity index (χ1) is 4.84. The third-order valence-corrected chi connectivity index (χ3v) is 1.16. The lowest BCUT2D eigenvalue weighted by Gasteiger charge is -1.98. The fourth-order valence-corrected chi connectivity index (χ4v) is 0.668. The summed E-state index contributed by atoms with van der Waals surface area (Å²) in [6, 6.07) is 5.16. The molecule has 1 N–H and O–H groups in total. The van der Waals surface area contributed by atoms with Crippen molar-refractivity contribution in [3.8, 4) is 6.07 Å². The topological polar surface area (TPSA) is 57.2 Å². The summed E-state index contributed by atoms with van der Waals surface area (Å²) in [5.74, 6) is 0.446. The van der Waals surface area contributed by atoms with Gasteiger partial charge in [-0.2, -0.15) is 5.26 Å². The van der Waals surface area contributed by atoms with Gasteiger partial charge < -0.3 is 9.52 Å². The second-order valence-electron chi connectivity index (χ2n) is 1.89. The zero-order valence-electron chi connectivity index (χ0n) is 5.32. The van der Waals surface area contributed by atoms with Gasteiger partial charge in [0.15, 0.2) is 0 Å². The zero-order valence-corrected chi connectivity index (χ0v) is 5.32. The predicted molar refractivity (Wildman–Crippen MR) is 33.9 cm³/mol. The molecule has 0 bridgehead atoms. The third kappa shape index (κ3) is 1.36. The average molecular weight is 137 g/mol. The number of furan rings is 1. The van der Waals surface area contributed by atoms with E-state index in [2.05, 4.69) is 0 Å². The van der Waals surface area contributed by atoms with E-state index in [0.717, 1.165) is 0 Å². The maximum Gasteiger partial charge on any atom is 0.133 e. The molecule has 1 rings (SSSR count). The fourth-order valence-electron chi connectivity index (χ4n) is 0.668. The highest BCUT2D eigenvalue weighted by Gasteiger charge is 2.07. The van der Waals surface area contributed by atoms with Crippen LogP contribution in [0.4, 0.5) is 0 Å². The highest BCUT2D eigenvalue weighted by molar-refractivity contribution is 5.03. The van der Waals surface area contributed by atoms with Crippen LogP contribution in [0.1, 0.15) is 18.3 Å². The van der Waals surface area contributed by atoms with Gasteiger partial charge >= 0.3 is 0 Å². The number of aliphatic hydroxyl groups is 1. The zero-order chi connectivity index (χ0) is 7.40. The molecule has 0 saturated carbocycles. The highest BCUT2D eigenvalue weighted by Crippen LogP contribution is 2.15. The molecule has 1 aromatic rings. The highest BCUT2D eigenvalue weighted by atomic mass is 16.4. The maximum atomic E-state index is 9.09. The van der Waals surface area contributed by atoms with E-state index in [1.54, 1.807) is 12.1 Å². The predicted octanol–water partition coefficient (Wildman–Crippen LogP) is 1.23. The number of hydrogen-bond acceptors (Lipinski definition) is 3. The Morgan fingerprint density at radius 1 is 1.80 bits per heavy atom. The Bertz CT molecular complexity index is 222. The standard InChI is InChI=1S/C7H7NO2/c8-4-3-6(9)7-2-1-5-10-7/h1-2,5-6,9H,3H2. The minimum Gasteiger partial charge on any atom is -0.467 e. The second-order valence-corrected chi connectivity index (χ2v) is 1.89. The summed E-state index contributed by atoms with van der Waals surface area (Å²) < 4.78 is 4.85. The van der Waals surface area contributed by atoms with Gasteiger partial charge in [0, 0.05) is 0 Å². The second kappa shape index (κ2) is 3.04. The van der Waals surface area contributed by atoms with Crippen molar-refractivity contribution >= 4 is 0 Å². The summed E-state index contributed by atoms with van der Waals surface area (Å²) in [6.45, 7) is 0. The van der Waals surface area contributed by atoms with E-state index in [1.165, 1.54) is 6.26 Å². The molecule has 1 heterocycles. The summed E-state index contributed by atoms with van der Waals surface area (Å²) >= 11 is 0. The van der Waals surface area contributed by atoms with Gasteiger partial charge in [-0.1, -0.05) is 0 Å². The molecule has 0 saturated heterocycles. The molecule has 3 heteroatoms. The summed E-state index contributed by atoms with van der Waals surface area (Å²) in [4.78, 5) is 0. The van der Waals surface area contributed by atoms with Crippen LogP contribution in [0, 0.1) is 11.3 Å². The number of rotatable bonds is 2. The molecule has 52 valence electrons. The van der Waals surface area contributed by atoms with Crippen LogP contribution >= 0.6 is 0 Å². The average Bonchev–Trinajstić information content (AvgIpc) is 2.38. The molecule has 0 fully saturated rings. The van der Waals surface area contributed by atoms with Crippen molar-refractivity contribution in [2.75, 3.05) is 0 Å². The van der Waals surface area contributed by atoms with E-state index in [1.807, 2.05) is 6.07 Å². The minimum absolute atomic E-state index is 0.0769. The van der Waals surface area contributed by atoms with Gasteiger partial charge in [0.1, 0.15) is 11.9 Å².